The van der Waals surface area contributed by atoms with Gasteiger partial charge in [-0.2, -0.15) is 0 Å². The first-order valence-electron chi connectivity index (χ1n) is 3.89. The Kier molecular flexibility index (Phi) is 3.88. The van der Waals surface area contributed by atoms with E-state index in [-0.39, 0.29) is 0 Å². The molecule has 1 unspecified atom stereocenters. The lowest BCUT2D eigenvalue weighted by molar-refractivity contribution is 0.168. The van der Waals surface area contributed by atoms with Gasteiger partial charge in [0.1, 0.15) is 5.82 Å². The predicted molar refractivity (Wildman–Crippen MR) is 57.1 cm³/mol. The second kappa shape index (κ2) is 4.53. The number of hydrogen-bond donors (Lipinski definition) is 1. The van der Waals surface area contributed by atoms with Crippen LogP contribution in [0.3, 0.4) is 0 Å². The number of halogens is 3. The number of hydrogen-bond acceptors (Lipinski definition) is 1. The Bertz CT molecular complexity index is 315. The van der Waals surface area contributed by atoms with Crippen molar-refractivity contribution in [2.75, 3.05) is 0 Å². The molecule has 0 saturated carbocycles. The van der Waals surface area contributed by atoms with Crippen LogP contribution >= 0.6 is 31.9 Å². The highest BCUT2D eigenvalue weighted by atomic mass is 79.9. The summed E-state index contributed by atoms with van der Waals surface area (Å²) in [6, 6.07) is 3.31. The summed E-state index contributed by atoms with van der Waals surface area (Å²) in [5.74, 6) is -0.399. The van der Waals surface area contributed by atoms with Crippen LogP contribution in [0.5, 0.6) is 0 Å². The van der Waals surface area contributed by atoms with Crippen LogP contribution in [0.1, 0.15) is 25.0 Å². The van der Waals surface area contributed by atoms with Crippen molar-refractivity contribution in [2.24, 2.45) is 0 Å². The van der Waals surface area contributed by atoms with Gasteiger partial charge in [-0.05, 0) is 34.5 Å². The smallest absolute Gasteiger partial charge is 0.144 e. The summed E-state index contributed by atoms with van der Waals surface area (Å²) in [6.45, 7) is 1.80. The molecular formula is C9H9Br2FO. The van der Waals surface area contributed by atoms with Crippen molar-refractivity contribution in [1.29, 1.82) is 0 Å². The molecule has 1 nitrogen and oxygen atoms in total. The molecule has 0 radical (unpaired) electrons. The molecule has 72 valence electrons. The molecule has 0 amide bonds. The van der Waals surface area contributed by atoms with Crippen molar-refractivity contribution in [3.8, 4) is 0 Å². The zero-order valence-corrected chi connectivity index (χ0v) is 10.2. The molecule has 1 N–H and O–H groups in total. The third kappa shape index (κ3) is 2.30. The topological polar surface area (TPSA) is 20.2 Å². The zero-order chi connectivity index (χ0) is 10.0. The first kappa shape index (κ1) is 11.1. The Balaban J connectivity index is 3.25. The zero-order valence-electron chi connectivity index (χ0n) is 7.02. The third-order valence-electron chi connectivity index (χ3n) is 1.80. The third-order valence-corrected chi connectivity index (χ3v) is 3.10. The largest absolute Gasteiger partial charge is 0.388 e. The monoisotopic (exact) mass is 310 g/mol. The number of aliphatic hydroxyl groups excluding tert-OH is 1. The van der Waals surface area contributed by atoms with Gasteiger partial charge in [-0.1, -0.05) is 22.9 Å². The van der Waals surface area contributed by atoms with E-state index in [0.717, 1.165) is 0 Å². The Morgan fingerprint density at radius 2 is 1.92 bits per heavy atom. The first-order chi connectivity index (χ1) is 6.07. The van der Waals surface area contributed by atoms with Crippen LogP contribution in [-0.2, 0) is 0 Å². The summed E-state index contributed by atoms with van der Waals surface area (Å²) in [7, 11) is 0. The van der Waals surface area contributed by atoms with Gasteiger partial charge >= 0.3 is 0 Å². The quantitative estimate of drug-likeness (QED) is 0.824. The average molecular weight is 312 g/mol. The molecule has 1 aromatic carbocycles. The molecule has 0 bridgehead atoms. The van der Waals surface area contributed by atoms with E-state index in [0.29, 0.717) is 20.9 Å². The fraction of sp³-hybridized carbons (Fsp3) is 0.333. The molecule has 1 atom stereocenters. The van der Waals surface area contributed by atoms with Crippen LogP contribution in [0.25, 0.3) is 0 Å². The standard InChI is InChI=1S/C9H9Br2FO/c1-2-7(13)8-5(10)3-4-6(11)9(8)12/h3-4,7,13H,2H2,1H3. The van der Waals surface area contributed by atoms with Gasteiger partial charge in [-0.25, -0.2) is 4.39 Å². The van der Waals surface area contributed by atoms with Gasteiger partial charge in [0.2, 0.25) is 0 Å². The molecule has 0 spiro atoms. The molecular weight excluding hydrogens is 303 g/mol. The van der Waals surface area contributed by atoms with Gasteiger partial charge in [-0.3, -0.25) is 0 Å². The van der Waals surface area contributed by atoms with Crippen molar-refractivity contribution >= 4 is 31.9 Å². The molecule has 0 aliphatic carbocycles. The molecule has 0 aromatic heterocycles. The van der Waals surface area contributed by atoms with E-state index in [1.165, 1.54) is 0 Å². The van der Waals surface area contributed by atoms with Crippen LogP contribution in [-0.4, -0.2) is 5.11 Å². The maximum Gasteiger partial charge on any atom is 0.144 e. The fourth-order valence-corrected chi connectivity index (χ4v) is 1.97. The van der Waals surface area contributed by atoms with Crippen LogP contribution in [0.4, 0.5) is 4.39 Å². The molecule has 1 aromatic rings. The lowest BCUT2D eigenvalue weighted by atomic mass is 10.1. The van der Waals surface area contributed by atoms with E-state index in [9.17, 15) is 9.50 Å². The Morgan fingerprint density at radius 1 is 1.38 bits per heavy atom. The van der Waals surface area contributed by atoms with Crippen LogP contribution in [0.2, 0.25) is 0 Å². The molecule has 0 saturated heterocycles. The first-order valence-corrected chi connectivity index (χ1v) is 5.48. The van der Waals surface area contributed by atoms with Gasteiger partial charge in [0.25, 0.3) is 0 Å². The van der Waals surface area contributed by atoms with E-state index >= 15 is 0 Å². The van der Waals surface area contributed by atoms with E-state index in [1.54, 1.807) is 19.1 Å². The second-order valence-corrected chi connectivity index (χ2v) is 4.39. The minimum atomic E-state index is -0.758. The minimum absolute atomic E-state index is 0.317. The normalized spacial score (nSPS) is 13.0. The predicted octanol–water partition coefficient (Wildman–Crippen LogP) is 3.79. The maximum atomic E-state index is 13.5. The summed E-state index contributed by atoms with van der Waals surface area (Å²) in [5, 5.41) is 9.52. The van der Waals surface area contributed by atoms with Gasteiger partial charge in [0.05, 0.1) is 10.6 Å². The molecule has 0 fully saturated rings. The van der Waals surface area contributed by atoms with Gasteiger partial charge < -0.3 is 5.11 Å². The molecule has 13 heavy (non-hydrogen) atoms. The molecule has 1 rings (SSSR count). The highest BCUT2D eigenvalue weighted by Gasteiger charge is 2.16. The average Bonchev–Trinajstić information content (AvgIpc) is 2.12. The number of benzene rings is 1. The lowest BCUT2D eigenvalue weighted by Crippen LogP contribution is -2.01. The van der Waals surface area contributed by atoms with Crippen LogP contribution < -0.4 is 0 Å². The second-order valence-electron chi connectivity index (χ2n) is 2.68. The van der Waals surface area contributed by atoms with E-state index in [4.69, 9.17) is 0 Å². The maximum absolute atomic E-state index is 13.5. The molecule has 0 aliphatic rings. The van der Waals surface area contributed by atoms with Gasteiger partial charge in [0.15, 0.2) is 0 Å². The van der Waals surface area contributed by atoms with Crippen LogP contribution in [0.15, 0.2) is 21.1 Å². The molecule has 0 heterocycles. The summed E-state index contributed by atoms with van der Waals surface area (Å²) < 4.78 is 14.4. The summed E-state index contributed by atoms with van der Waals surface area (Å²) in [6.07, 6.45) is -0.265. The highest BCUT2D eigenvalue weighted by molar-refractivity contribution is 9.11. The van der Waals surface area contributed by atoms with E-state index in [1.807, 2.05) is 0 Å². The fourth-order valence-electron chi connectivity index (χ4n) is 1.05. The Hall–Kier alpha value is 0.0700. The van der Waals surface area contributed by atoms with E-state index in [2.05, 4.69) is 31.9 Å². The molecule has 4 heteroatoms. The van der Waals surface area contributed by atoms with E-state index < -0.39 is 11.9 Å². The number of rotatable bonds is 2. The SMILES string of the molecule is CCC(O)c1c(Br)ccc(Br)c1F. The van der Waals surface area contributed by atoms with Crippen molar-refractivity contribution in [2.45, 2.75) is 19.4 Å². The minimum Gasteiger partial charge on any atom is -0.388 e. The summed E-state index contributed by atoms with van der Waals surface area (Å²) >= 11 is 6.27. The van der Waals surface area contributed by atoms with Crippen molar-refractivity contribution in [1.82, 2.24) is 0 Å². The summed E-state index contributed by atoms with van der Waals surface area (Å²) in [5.41, 5.74) is 0.317. The lowest BCUT2D eigenvalue weighted by Gasteiger charge is -2.12. The molecule has 0 aliphatic heterocycles. The van der Waals surface area contributed by atoms with Gasteiger partial charge in [0, 0.05) is 10.0 Å². The Morgan fingerprint density at radius 3 is 2.46 bits per heavy atom. The van der Waals surface area contributed by atoms with Gasteiger partial charge in [-0.15, -0.1) is 0 Å². The number of aliphatic hydroxyl groups is 1. The van der Waals surface area contributed by atoms with Crippen molar-refractivity contribution in [3.05, 3.63) is 32.5 Å². The van der Waals surface area contributed by atoms with Crippen LogP contribution in [0, 0.1) is 5.82 Å². The van der Waals surface area contributed by atoms with Crippen molar-refractivity contribution < 1.29 is 9.50 Å². The van der Waals surface area contributed by atoms with Crippen molar-refractivity contribution in [3.63, 3.8) is 0 Å². The summed E-state index contributed by atoms with van der Waals surface area (Å²) in [4.78, 5) is 0. The Labute approximate surface area is 93.2 Å². The highest BCUT2D eigenvalue weighted by Crippen LogP contribution is 2.32.